The topological polar surface area (TPSA) is 70.8 Å². The van der Waals surface area contributed by atoms with Gasteiger partial charge >= 0.3 is 11.7 Å². The smallest absolute Gasteiger partial charge is 0.328 e. The van der Waals surface area contributed by atoms with Crippen LogP contribution in [0.1, 0.15) is 25.8 Å². The average Bonchev–Trinajstić information content (AvgIpc) is 2.65. The molecular formula is C13H18N3O2+. The van der Waals surface area contributed by atoms with Crippen molar-refractivity contribution in [2.24, 2.45) is 10.8 Å². The van der Waals surface area contributed by atoms with Crippen molar-refractivity contribution in [3.8, 4) is 0 Å². The van der Waals surface area contributed by atoms with Crippen LogP contribution >= 0.6 is 0 Å². The Morgan fingerprint density at radius 1 is 1.50 bits per heavy atom. The zero-order valence-corrected chi connectivity index (χ0v) is 10.6. The first-order chi connectivity index (χ1) is 8.57. The van der Waals surface area contributed by atoms with Crippen LogP contribution in [-0.4, -0.2) is 33.9 Å². The maximum Gasteiger partial charge on any atom is 0.350 e. The van der Waals surface area contributed by atoms with E-state index in [2.05, 4.69) is 5.10 Å². The Kier molecular flexibility index (Phi) is 3.45. The van der Waals surface area contributed by atoms with Gasteiger partial charge in [0.15, 0.2) is 0 Å². The highest BCUT2D eigenvalue weighted by Crippen LogP contribution is 2.23. The summed E-state index contributed by atoms with van der Waals surface area (Å²) in [6.45, 7) is 4.04. The lowest BCUT2D eigenvalue weighted by Gasteiger charge is -2.20. The maximum absolute atomic E-state index is 10.4. The molecule has 1 aliphatic heterocycles. The van der Waals surface area contributed by atoms with Crippen molar-refractivity contribution in [1.29, 1.82) is 0 Å². The van der Waals surface area contributed by atoms with Crippen molar-refractivity contribution < 1.29 is 14.5 Å². The summed E-state index contributed by atoms with van der Waals surface area (Å²) in [6, 6.07) is 9.41. The van der Waals surface area contributed by atoms with Gasteiger partial charge in [0.05, 0.1) is 24.3 Å². The fraction of sp³-hybridized carbons (Fsp3) is 0.385. The first kappa shape index (κ1) is 12.7. The van der Waals surface area contributed by atoms with Crippen molar-refractivity contribution >= 4 is 11.5 Å². The van der Waals surface area contributed by atoms with Crippen LogP contribution in [0.5, 0.6) is 0 Å². The zero-order chi connectivity index (χ0) is 13.2. The molecule has 0 aliphatic carbocycles. The van der Waals surface area contributed by atoms with Gasteiger partial charge in [0.25, 0.3) is 0 Å². The minimum Gasteiger partial charge on any atom is -0.328 e. The molecule has 1 atom stereocenters. The molecule has 0 amide bonds. The summed E-state index contributed by atoms with van der Waals surface area (Å²) in [5, 5.41) is 14.7. The molecule has 0 bridgehead atoms. The highest BCUT2D eigenvalue weighted by atomic mass is 16.6. The maximum atomic E-state index is 10.4. The van der Waals surface area contributed by atoms with E-state index < -0.39 is 5.91 Å². The van der Waals surface area contributed by atoms with Crippen LogP contribution in [0.3, 0.4) is 0 Å². The Balaban J connectivity index is 2.46. The number of hydrogen-bond donors (Lipinski definition) is 2. The normalized spacial score (nSPS) is 26.1. The molecule has 0 aromatic heterocycles. The van der Waals surface area contributed by atoms with Gasteiger partial charge in [-0.25, -0.2) is 0 Å². The number of benzene rings is 1. The van der Waals surface area contributed by atoms with Crippen molar-refractivity contribution in [3.05, 3.63) is 35.9 Å². The molecule has 1 aromatic rings. The summed E-state index contributed by atoms with van der Waals surface area (Å²) < 4.78 is 6.73. The van der Waals surface area contributed by atoms with E-state index in [9.17, 15) is 5.11 Å². The number of ether oxygens (including phenoxy) is 1. The molecule has 0 saturated carbocycles. The first-order valence-electron chi connectivity index (χ1n) is 5.95. The molecule has 1 aliphatic rings. The van der Waals surface area contributed by atoms with E-state index >= 15 is 0 Å². The number of nitrogens with two attached hydrogens (primary N) is 1. The molecule has 1 aromatic carbocycles. The number of hydrazone groups is 1. The molecule has 3 N–H and O–H groups in total. The zero-order valence-electron chi connectivity index (χ0n) is 10.6. The van der Waals surface area contributed by atoms with Crippen LogP contribution in [-0.2, 0) is 4.74 Å². The summed E-state index contributed by atoms with van der Waals surface area (Å²) in [6.07, 6.45) is 0.328. The summed E-state index contributed by atoms with van der Waals surface area (Å²) in [4.78, 5) is 0. The fourth-order valence-corrected chi connectivity index (χ4v) is 2.01. The van der Waals surface area contributed by atoms with Crippen LogP contribution < -0.4 is 5.73 Å². The van der Waals surface area contributed by atoms with Gasteiger partial charge in [0.1, 0.15) is 0 Å². The van der Waals surface area contributed by atoms with E-state index in [4.69, 9.17) is 10.5 Å². The Hall–Kier alpha value is -1.72. The predicted octanol–water partition coefficient (Wildman–Crippen LogP) is 0.867. The van der Waals surface area contributed by atoms with Gasteiger partial charge in [-0.3, -0.25) is 5.73 Å². The molecule has 0 radical (unpaired) electrons. The Bertz CT molecular complexity index is 496. The SMILES string of the molecule is CCOC1(O)CC(C)=N[N+]1=C(N)c1ccccc1. The number of nitrogens with zero attached hydrogens (tertiary/aromatic N) is 2. The molecular weight excluding hydrogens is 230 g/mol. The van der Waals surface area contributed by atoms with E-state index in [-0.39, 0.29) is 0 Å². The highest BCUT2D eigenvalue weighted by molar-refractivity contribution is 5.94. The van der Waals surface area contributed by atoms with Gasteiger partial charge in [-0.1, -0.05) is 28.0 Å². The predicted molar refractivity (Wildman–Crippen MR) is 69.3 cm³/mol. The third-order valence-electron chi connectivity index (χ3n) is 2.76. The summed E-state index contributed by atoms with van der Waals surface area (Å²) in [7, 11) is 0. The summed E-state index contributed by atoms with van der Waals surface area (Å²) in [5.41, 5.74) is 7.65. The number of aliphatic hydroxyl groups is 1. The molecule has 0 fully saturated rings. The molecule has 5 nitrogen and oxygen atoms in total. The molecule has 1 heterocycles. The minimum absolute atomic E-state index is 0.328. The highest BCUT2D eigenvalue weighted by Gasteiger charge is 2.45. The molecule has 18 heavy (non-hydrogen) atoms. The monoisotopic (exact) mass is 248 g/mol. The average molecular weight is 248 g/mol. The molecule has 0 spiro atoms. The lowest BCUT2D eigenvalue weighted by Crippen LogP contribution is -2.45. The second-order valence-electron chi connectivity index (χ2n) is 4.25. The van der Waals surface area contributed by atoms with Crippen molar-refractivity contribution in [3.63, 3.8) is 0 Å². The van der Waals surface area contributed by atoms with Crippen LogP contribution in [0.4, 0.5) is 0 Å². The molecule has 2 rings (SSSR count). The van der Waals surface area contributed by atoms with Crippen LogP contribution in [0.15, 0.2) is 35.4 Å². The summed E-state index contributed by atoms with van der Waals surface area (Å²) in [5.74, 6) is -1.10. The lowest BCUT2D eigenvalue weighted by atomic mass is 10.2. The Labute approximate surface area is 106 Å². The van der Waals surface area contributed by atoms with Gasteiger partial charge in [-0.05, 0) is 26.0 Å². The Morgan fingerprint density at radius 3 is 2.78 bits per heavy atom. The van der Waals surface area contributed by atoms with Crippen molar-refractivity contribution in [2.45, 2.75) is 26.2 Å². The van der Waals surface area contributed by atoms with Gasteiger partial charge in [-0.15, -0.1) is 0 Å². The van der Waals surface area contributed by atoms with Crippen molar-refractivity contribution in [2.75, 3.05) is 6.61 Å². The quantitative estimate of drug-likeness (QED) is 0.473. The number of rotatable bonds is 3. The van der Waals surface area contributed by atoms with Gasteiger partial charge < -0.3 is 9.84 Å². The summed E-state index contributed by atoms with van der Waals surface area (Å²) >= 11 is 0. The van der Waals surface area contributed by atoms with Crippen LogP contribution in [0.2, 0.25) is 0 Å². The standard InChI is InChI=1S/C13H17N3O2/c1-3-18-13(17)9-10(2)15-16(13)12(14)11-7-5-4-6-8-11/h4-8,14,17H,3,9H2,1-2H3/p+1. The largest absolute Gasteiger partial charge is 0.350 e. The lowest BCUT2D eigenvalue weighted by molar-refractivity contribution is -0.710. The number of hydrogen-bond acceptors (Lipinski definition) is 3. The first-order valence-corrected chi connectivity index (χ1v) is 5.95. The van der Waals surface area contributed by atoms with Crippen molar-refractivity contribution in [1.82, 2.24) is 0 Å². The van der Waals surface area contributed by atoms with E-state index in [0.717, 1.165) is 11.3 Å². The number of amidine groups is 1. The molecule has 1 unspecified atom stereocenters. The van der Waals surface area contributed by atoms with E-state index in [0.29, 0.717) is 18.9 Å². The van der Waals surface area contributed by atoms with Crippen LogP contribution in [0.25, 0.3) is 0 Å². The third-order valence-corrected chi connectivity index (χ3v) is 2.76. The van der Waals surface area contributed by atoms with Gasteiger partial charge in [-0.2, -0.15) is 0 Å². The van der Waals surface area contributed by atoms with E-state index in [1.807, 2.05) is 44.2 Å². The molecule has 0 saturated heterocycles. The van der Waals surface area contributed by atoms with Gasteiger partial charge in [0.2, 0.25) is 0 Å². The van der Waals surface area contributed by atoms with Gasteiger partial charge in [0, 0.05) is 0 Å². The van der Waals surface area contributed by atoms with Crippen LogP contribution in [0, 0.1) is 0 Å². The second kappa shape index (κ2) is 4.88. The minimum atomic E-state index is -1.47. The molecule has 96 valence electrons. The van der Waals surface area contributed by atoms with E-state index in [1.54, 1.807) is 0 Å². The van der Waals surface area contributed by atoms with E-state index in [1.165, 1.54) is 4.68 Å². The molecule has 5 heteroatoms. The second-order valence-corrected chi connectivity index (χ2v) is 4.25. The third kappa shape index (κ3) is 2.27. The fourth-order valence-electron chi connectivity index (χ4n) is 2.01. The Morgan fingerprint density at radius 2 is 2.17 bits per heavy atom.